The third kappa shape index (κ3) is 2.41. The normalized spacial score (nSPS) is 10.8. The predicted octanol–water partition coefficient (Wildman–Crippen LogP) is 3.77. The van der Waals surface area contributed by atoms with Crippen LogP contribution in [-0.2, 0) is 6.54 Å². The van der Waals surface area contributed by atoms with E-state index >= 15 is 0 Å². The van der Waals surface area contributed by atoms with Gasteiger partial charge < -0.3 is 5.32 Å². The third-order valence-electron chi connectivity index (χ3n) is 2.30. The van der Waals surface area contributed by atoms with E-state index in [1.54, 1.807) is 0 Å². The van der Waals surface area contributed by atoms with E-state index < -0.39 is 0 Å². The molecule has 7 heteroatoms. The van der Waals surface area contributed by atoms with E-state index in [9.17, 15) is 0 Å². The number of anilines is 1. The van der Waals surface area contributed by atoms with E-state index in [0.29, 0.717) is 8.67 Å². The Labute approximate surface area is 114 Å². The summed E-state index contributed by atoms with van der Waals surface area (Å²) < 4.78 is 3.27. The SMILES string of the molecule is CCNc1nnc(-c2cc(Cl)sc2Cl)n1CC. The van der Waals surface area contributed by atoms with Gasteiger partial charge in [-0.15, -0.1) is 21.5 Å². The number of hydrogen-bond acceptors (Lipinski definition) is 4. The Kier molecular flexibility index (Phi) is 3.91. The fraction of sp³-hybridized carbons (Fsp3) is 0.400. The summed E-state index contributed by atoms with van der Waals surface area (Å²) in [6.07, 6.45) is 0. The van der Waals surface area contributed by atoms with Crippen molar-refractivity contribution < 1.29 is 0 Å². The summed E-state index contributed by atoms with van der Waals surface area (Å²) in [4.78, 5) is 0. The second-order valence-electron chi connectivity index (χ2n) is 3.36. The van der Waals surface area contributed by atoms with Crippen molar-refractivity contribution in [3.05, 3.63) is 14.7 Å². The van der Waals surface area contributed by atoms with Gasteiger partial charge in [0.05, 0.1) is 9.90 Å². The van der Waals surface area contributed by atoms with E-state index in [1.165, 1.54) is 11.3 Å². The molecule has 2 rings (SSSR count). The summed E-state index contributed by atoms with van der Waals surface area (Å²) in [6, 6.07) is 1.82. The van der Waals surface area contributed by atoms with Gasteiger partial charge in [-0.25, -0.2) is 0 Å². The summed E-state index contributed by atoms with van der Waals surface area (Å²) in [5.74, 6) is 1.50. The van der Waals surface area contributed by atoms with Gasteiger partial charge >= 0.3 is 0 Å². The number of nitrogens with zero attached hydrogens (tertiary/aromatic N) is 3. The molecule has 0 spiro atoms. The quantitative estimate of drug-likeness (QED) is 0.932. The first-order valence-electron chi connectivity index (χ1n) is 5.29. The average Bonchev–Trinajstić information content (AvgIpc) is 2.82. The maximum atomic E-state index is 6.13. The molecule has 0 aromatic carbocycles. The molecule has 2 heterocycles. The molecule has 1 N–H and O–H groups in total. The van der Waals surface area contributed by atoms with Crippen LogP contribution in [0.1, 0.15) is 13.8 Å². The largest absolute Gasteiger partial charge is 0.355 e. The Morgan fingerprint density at radius 2 is 2.12 bits per heavy atom. The van der Waals surface area contributed by atoms with Gasteiger partial charge in [-0.1, -0.05) is 23.2 Å². The van der Waals surface area contributed by atoms with Crippen LogP contribution >= 0.6 is 34.5 Å². The minimum absolute atomic E-state index is 0.639. The Bertz CT molecular complexity index is 520. The van der Waals surface area contributed by atoms with Crippen LogP contribution in [0.2, 0.25) is 8.67 Å². The van der Waals surface area contributed by atoms with Gasteiger partial charge in [-0.05, 0) is 19.9 Å². The second kappa shape index (κ2) is 5.25. The fourth-order valence-corrected chi connectivity index (χ4v) is 3.04. The number of halogens is 2. The molecule has 0 atom stereocenters. The van der Waals surface area contributed by atoms with Crippen molar-refractivity contribution in [2.75, 3.05) is 11.9 Å². The lowest BCUT2D eigenvalue weighted by molar-refractivity contribution is 0.770. The van der Waals surface area contributed by atoms with E-state index in [2.05, 4.69) is 15.5 Å². The first kappa shape index (κ1) is 12.7. The molecular weight excluding hydrogens is 279 g/mol. The van der Waals surface area contributed by atoms with Gasteiger partial charge in [0.1, 0.15) is 4.34 Å². The Balaban J connectivity index is 2.48. The van der Waals surface area contributed by atoms with Gasteiger partial charge in [0.2, 0.25) is 5.95 Å². The molecule has 17 heavy (non-hydrogen) atoms. The first-order chi connectivity index (χ1) is 8.17. The van der Waals surface area contributed by atoms with Crippen molar-refractivity contribution in [1.82, 2.24) is 14.8 Å². The molecule has 0 bridgehead atoms. The molecule has 0 unspecified atom stereocenters. The lowest BCUT2D eigenvalue weighted by Crippen LogP contribution is -2.06. The number of thiophene rings is 1. The van der Waals surface area contributed by atoms with Crippen LogP contribution < -0.4 is 5.32 Å². The molecule has 0 aliphatic heterocycles. The second-order valence-corrected chi connectivity index (χ2v) is 5.65. The van der Waals surface area contributed by atoms with Crippen LogP contribution in [0.15, 0.2) is 6.07 Å². The zero-order valence-corrected chi connectivity index (χ0v) is 11.8. The molecule has 0 aliphatic carbocycles. The van der Waals surface area contributed by atoms with Gasteiger partial charge in [0.25, 0.3) is 0 Å². The van der Waals surface area contributed by atoms with Crippen LogP contribution in [0.3, 0.4) is 0 Å². The monoisotopic (exact) mass is 290 g/mol. The highest BCUT2D eigenvalue weighted by Gasteiger charge is 2.17. The van der Waals surface area contributed by atoms with Crippen molar-refractivity contribution in [2.45, 2.75) is 20.4 Å². The Morgan fingerprint density at radius 1 is 1.35 bits per heavy atom. The standard InChI is InChI=1S/C10H12Cl2N4S/c1-3-13-10-15-14-9(16(10)4-2)6-5-7(11)17-8(6)12/h5H,3-4H2,1-2H3,(H,13,15). The van der Waals surface area contributed by atoms with Crippen molar-refractivity contribution in [2.24, 2.45) is 0 Å². The van der Waals surface area contributed by atoms with Crippen molar-refractivity contribution in [3.8, 4) is 11.4 Å². The first-order valence-corrected chi connectivity index (χ1v) is 6.86. The number of rotatable bonds is 4. The molecule has 0 amide bonds. The molecule has 92 valence electrons. The smallest absolute Gasteiger partial charge is 0.224 e. The predicted molar refractivity (Wildman–Crippen MR) is 73.2 cm³/mol. The molecule has 0 saturated carbocycles. The highest BCUT2D eigenvalue weighted by atomic mass is 35.5. The van der Waals surface area contributed by atoms with Gasteiger partial charge in [-0.3, -0.25) is 4.57 Å². The van der Waals surface area contributed by atoms with Crippen LogP contribution in [0.5, 0.6) is 0 Å². The molecule has 0 aliphatic rings. The average molecular weight is 291 g/mol. The van der Waals surface area contributed by atoms with Crippen LogP contribution in [0, 0.1) is 0 Å². The van der Waals surface area contributed by atoms with E-state index in [1.807, 2.05) is 24.5 Å². The van der Waals surface area contributed by atoms with E-state index in [4.69, 9.17) is 23.2 Å². The summed E-state index contributed by atoms with van der Waals surface area (Å²) in [6.45, 7) is 5.63. The summed E-state index contributed by atoms with van der Waals surface area (Å²) in [7, 11) is 0. The minimum atomic E-state index is 0.639. The molecular formula is C10H12Cl2N4S. The topological polar surface area (TPSA) is 42.7 Å². The van der Waals surface area contributed by atoms with Gasteiger partial charge in [-0.2, -0.15) is 0 Å². The van der Waals surface area contributed by atoms with Crippen molar-refractivity contribution in [1.29, 1.82) is 0 Å². The summed E-state index contributed by atoms with van der Waals surface area (Å²) in [5, 5.41) is 11.4. The lowest BCUT2D eigenvalue weighted by atomic mass is 10.3. The maximum Gasteiger partial charge on any atom is 0.224 e. The molecule has 0 radical (unpaired) electrons. The third-order valence-corrected chi connectivity index (χ3v) is 3.79. The maximum absolute atomic E-state index is 6.13. The number of aromatic nitrogens is 3. The lowest BCUT2D eigenvalue weighted by Gasteiger charge is -2.06. The van der Waals surface area contributed by atoms with Gasteiger partial charge in [0.15, 0.2) is 5.82 Å². The van der Waals surface area contributed by atoms with Crippen molar-refractivity contribution in [3.63, 3.8) is 0 Å². The van der Waals surface area contributed by atoms with Crippen LogP contribution in [-0.4, -0.2) is 21.3 Å². The van der Waals surface area contributed by atoms with Crippen LogP contribution in [0.25, 0.3) is 11.4 Å². The number of nitrogens with one attached hydrogen (secondary N) is 1. The van der Waals surface area contributed by atoms with E-state index in [-0.39, 0.29) is 0 Å². The summed E-state index contributed by atoms with van der Waals surface area (Å²) >= 11 is 13.4. The zero-order valence-electron chi connectivity index (χ0n) is 9.50. The molecule has 2 aromatic rings. The summed E-state index contributed by atoms with van der Waals surface area (Å²) in [5.41, 5.74) is 0.833. The van der Waals surface area contributed by atoms with Crippen molar-refractivity contribution >= 4 is 40.5 Å². The Hall–Kier alpha value is -0.780. The molecule has 0 fully saturated rings. The van der Waals surface area contributed by atoms with Gasteiger partial charge in [0, 0.05) is 13.1 Å². The zero-order chi connectivity index (χ0) is 12.4. The highest BCUT2D eigenvalue weighted by Crippen LogP contribution is 2.37. The molecule has 0 saturated heterocycles. The van der Waals surface area contributed by atoms with E-state index in [0.717, 1.165) is 30.4 Å². The highest BCUT2D eigenvalue weighted by molar-refractivity contribution is 7.20. The minimum Gasteiger partial charge on any atom is -0.355 e. The Morgan fingerprint density at radius 3 is 2.65 bits per heavy atom. The fourth-order valence-electron chi connectivity index (χ4n) is 1.58. The molecule has 4 nitrogen and oxygen atoms in total. The van der Waals surface area contributed by atoms with Crippen LogP contribution in [0.4, 0.5) is 5.95 Å². The molecule has 2 aromatic heterocycles. The number of hydrogen-bond donors (Lipinski definition) is 1.